The van der Waals surface area contributed by atoms with Gasteiger partial charge in [-0.15, -0.1) is 0 Å². The predicted molar refractivity (Wildman–Crippen MR) is 56.3 cm³/mol. The van der Waals surface area contributed by atoms with Crippen LogP contribution in [-0.4, -0.2) is 19.3 Å². The highest BCUT2D eigenvalue weighted by Crippen LogP contribution is 2.08. The maximum Gasteiger partial charge on any atom is 0.0466 e. The highest BCUT2D eigenvalue weighted by atomic mass is 16.5. The SMILES string of the molecule is CCOCCCC(CC(C)C)NN. The van der Waals surface area contributed by atoms with Gasteiger partial charge in [-0.05, 0) is 32.1 Å². The fourth-order valence-electron chi connectivity index (χ4n) is 1.41. The minimum Gasteiger partial charge on any atom is -0.382 e. The highest BCUT2D eigenvalue weighted by molar-refractivity contribution is 4.65. The first-order chi connectivity index (χ1) is 6.20. The van der Waals surface area contributed by atoms with E-state index in [9.17, 15) is 0 Å². The topological polar surface area (TPSA) is 47.3 Å². The Balaban J connectivity index is 3.36. The summed E-state index contributed by atoms with van der Waals surface area (Å²) in [5.41, 5.74) is 2.85. The summed E-state index contributed by atoms with van der Waals surface area (Å²) in [6, 6.07) is 0.445. The third kappa shape index (κ3) is 8.22. The van der Waals surface area contributed by atoms with E-state index in [-0.39, 0.29) is 0 Å². The van der Waals surface area contributed by atoms with Crippen molar-refractivity contribution in [1.29, 1.82) is 0 Å². The normalized spacial score (nSPS) is 13.6. The summed E-state index contributed by atoms with van der Waals surface area (Å²) >= 11 is 0. The molecule has 0 saturated heterocycles. The Hall–Kier alpha value is -0.120. The van der Waals surface area contributed by atoms with Crippen molar-refractivity contribution in [2.45, 2.75) is 46.1 Å². The van der Waals surface area contributed by atoms with Crippen LogP contribution < -0.4 is 11.3 Å². The van der Waals surface area contributed by atoms with Gasteiger partial charge in [-0.25, -0.2) is 0 Å². The average molecular weight is 188 g/mol. The summed E-state index contributed by atoms with van der Waals surface area (Å²) in [4.78, 5) is 0. The Morgan fingerprint density at radius 2 is 2.08 bits per heavy atom. The molecule has 3 nitrogen and oxygen atoms in total. The van der Waals surface area contributed by atoms with E-state index in [4.69, 9.17) is 10.6 Å². The van der Waals surface area contributed by atoms with Gasteiger partial charge >= 0.3 is 0 Å². The molecule has 3 heteroatoms. The van der Waals surface area contributed by atoms with Crippen LogP contribution in [0.15, 0.2) is 0 Å². The van der Waals surface area contributed by atoms with E-state index in [0.29, 0.717) is 12.0 Å². The lowest BCUT2D eigenvalue weighted by atomic mass is 10.0. The van der Waals surface area contributed by atoms with Crippen LogP contribution in [0.1, 0.15) is 40.0 Å². The Morgan fingerprint density at radius 1 is 1.38 bits per heavy atom. The molecule has 3 N–H and O–H groups in total. The van der Waals surface area contributed by atoms with E-state index in [2.05, 4.69) is 19.3 Å². The average Bonchev–Trinajstić information content (AvgIpc) is 2.09. The quantitative estimate of drug-likeness (QED) is 0.346. The van der Waals surface area contributed by atoms with Gasteiger partial charge in [-0.1, -0.05) is 13.8 Å². The van der Waals surface area contributed by atoms with Gasteiger partial charge in [-0.3, -0.25) is 11.3 Å². The molecule has 0 aliphatic rings. The first kappa shape index (κ1) is 12.9. The molecule has 0 spiro atoms. The maximum absolute atomic E-state index is 5.44. The third-order valence-electron chi connectivity index (χ3n) is 2.04. The number of nitrogens with two attached hydrogens (primary N) is 1. The molecule has 0 aromatic heterocycles. The van der Waals surface area contributed by atoms with Crippen LogP contribution in [0.2, 0.25) is 0 Å². The molecule has 0 amide bonds. The Morgan fingerprint density at radius 3 is 2.54 bits per heavy atom. The summed E-state index contributed by atoms with van der Waals surface area (Å²) in [6.45, 7) is 8.12. The van der Waals surface area contributed by atoms with Crippen LogP contribution in [-0.2, 0) is 4.74 Å². The molecular weight excluding hydrogens is 164 g/mol. The van der Waals surface area contributed by atoms with Crippen molar-refractivity contribution >= 4 is 0 Å². The maximum atomic E-state index is 5.44. The third-order valence-corrected chi connectivity index (χ3v) is 2.04. The fraction of sp³-hybridized carbons (Fsp3) is 1.00. The molecule has 0 aromatic carbocycles. The molecule has 0 saturated carbocycles. The van der Waals surface area contributed by atoms with Crippen molar-refractivity contribution < 1.29 is 4.74 Å². The minimum absolute atomic E-state index is 0.445. The predicted octanol–water partition coefficient (Wildman–Crippen LogP) is 1.68. The second kappa shape index (κ2) is 8.48. The van der Waals surface area contributed by atoms with Gasteiger partial charge in [0.2, 0.25) is 0 Å². The minimum atomic E-state index is 0.445. The summed E-state index contributed by atoms with van der Waals surface area (Å²) in [5.74, 6) is 6.15. The van der Waals surface area contributed by atoms with Crippen molar-refractivity contribution in [3.63, 3.8) is 0 Å². The first-order valence-electron chi connectivity index (χ1n) is 5.24. The van der Waals surface area contributed by atoms with Crippen LogP contribution in [0, 0.1) is 5.92 Å². The Labute approximate surface area is 82.0 Å². The van der Waals surface area contributed by atoms with Gasteiger partial charge in [0.1, 0.15) is 0 Å². The molecule has 0 radical (unpaired) electrons. The first-order valence-corrected chi connectivity index (χ1v) is 5.24. The van der Waals surface area contributed by atoms with Gasteiger partial charge in [-0.2, -0.15) is 0 Å². The summed E-state index contributed by atoms with van der Waals surface area (Å²) in [6.07, 6.45) is 3.34. The molecule has 0 aliphatic heterocycles. The zero-order chi connectivity index (χ0) is 10.1. The van der Waals surface area contributed by atoms with Gasteiger partial charge < -0.3 is 4.74 Å². The number of nitrogens with one attached hydrogen (secondary N) is 1. The molecule has 0 bridgehead atoms. The fourth-order valence-corrected chi connectivity index (χ4v) is 1.41. The zero-order valence-electron chi connectivity index (χ0n) is 9.18. The largest absolute Gasteiger partial charge is 0.382 e. The lowest BCUT2D eigenvalue weighted by Gasteiger charge is -2.17. The molecule has 0 rings (SSSR count). The molecule has 1 atom stereocenters. The van der Waals surface area contributed by atoms with Crippen molar-refractivity contribution in [3.8, 4) is 0 Å². The number of ether oxygens (including phenoxy) is 1. The zero-order valence-corrected chi connectivity index (χ0v) is 9.18. The van der Waals surface area contributed by atoms with Crippen molar-refractivity contribution in [3.05, 3.63) is 0 Å². The lowest BCUT2D eigenvalue weighted by molar-refractivity contribution is 0.140. The summed E-state index contributed by atoms with van der Waals surface area (Å²) in [7, 11) is 0. The molecule has 80 valence electrons. The van der Waals surface area contributed by atoms with E-state index in [1.807, 2.05) is 6.92 Å². The van der Waals surface area contributed by atoms with E-state index >= 15 is 0 Å². The lowest BCUT2D eigenvalue weighted by Crippen LogP contribution is -2.36. The van der Waals surface area contributed by atoms with E-state index < -0.39 is 0 Å². The van der Waals surface area contributed by atoms with Gasteiger partial charge in [0.25, 0.3) is 0 Å². The van der Waals surface area contributed by atoms with Crippen LogP contribution >= 0.6 is 0 Å². The summed E-state index contributed by atoms with van der Waals surface area (Å²) in [5, 5.41) is 0. The standard InChI is InChI=1S/C10H24N2O/c1-4-13-7-5-6-10(12-11)8-9(2)3/h9-10,12H,4-8,11H2,1-3H3. The van der Waals surface area contributed by atoms with E-state index in [0.717, 1.165) is 32.5 Å². The Bertz CT molecular complexity index is 107. The van der Waals surface area contributed by atoms with Crippen molar-refractivity contribution in [2.75, 3.05) is 13.2 Å². The molecule has 1 unspecified atom stereocenters. The van der Waals surface area contributed by atoms with Crippen LogP contribution in [0.25, 0.3) is 0 Å². The van der Waals surface area contributed by atoms with Gasteiger partial charge in [0, 0.05) is 19.3 Å². The number of hydrogen-bond donors (Lipinski definition) is 2. The number of rotatable bonds is 8. The van der Waals surface area contributed by atoms with Gasteiger partial charge in [0.15, 0.2) is 0 Å². The smallest absolute Gasteiger partial charge is 0.0466 e. The van der Waals surface area contributed by atoms with Gasteiger partial charge in [0.05, 0.1) is 0 Å². The van der Waals surface area contributed by atoms with E-state index in [1.165, 1.54) is 0 Å². The summed E-state index contributed by atoms with van der Waals surface area (Å²) < 4.78 is 5.26. The molecule has 0 aromatic rings. The number of hydrazine groups is 1. The molecule has 0 heterocycles. The highest BCUT2D eigenvalue weighted by Gasteiger charge is 2.07. The molecule has 0 aliphatic carbocycles. The molecule has 0 fully saturated rings. The van der Waals surface area contributed by atoms with Crippen LogP contribution in [0.5, 0.6) is 0 Å². The van der Waals surface area contributed by atoms with Crippen molar-refractivity contribution in [1.82, 2.24) is 5.43 Å². The Kier molecular flexibility index (Phi) is 8.40. The second-order valence-electron chi connectivity index (χ2n) is 3.83. The molecule has 13 heavy (non-hydrogen) atoms. The number of hydrogen-bond acceptors (Lipinski definition) is 3. The second-order valence-corrected chi connectivity index (χ2v) is 3.83. The van der Waals surface area contributed by atoms with Crippen LogP contribution in [0.4, 0.5) is 0 Å². The van der Waals surface area contributed by atoms with Crippen molar-refractivity contribution in [2.24, 2.45) is 11.8 Å². The molecular formula is C10H24N2O. The van der Waals surface area contributed by atoms with Crippen LogP contribution in [0.3, 0.4) is 0 Å². The monoisotopic (exact) mass is 188 g/mol. The van der Waals surface area contributed by atoms with E-state index in [1.54, 1.807) is 0 Å².